The van der Waals surface area contributed by atoms with Gasteiger partial charge in [-0.3, -0.25) is 14.8 Å². The molecule has 1 fully saturated rings. The highest BCUT2D eigenvalue weighted by molar-refractivity contribution is 6.52. The normalized spacial score (nSPS) is 16.3. The van der Waals surface area contributed by atoms with Crippen molar-refractivity contribution in [3.05, 3.63) is 29.8 Å². The topological polar surface area (TPSA) is 140 Å². The quantitative estimate of drug-likeness (QED) is 0.441. The molecule has 3 rings (SSSR count). The van der Waals surface area contributed by atoms with Crippen LogP contribution in [0.4, 0.5) is 10.5 Å². The van der Waals surface area contributed by atoms with E-state index in [-0.39, 0.29) is 10.8 Å². The first kappa shape index (κ1) is 24.2. The monoisotopic (exact) mass is 381 g/mol. The fourth-order valence-corrected chi connectivity index (χ4v) is 1.93. The van der Waals surface area contributed by atoms with Crippen molar-refractivity contribution in [2.45, 2.75) is 5.92 Å². The lowest BCUT2D eigenvalue weighted by molar-refractivity contribution is -0.170. The van der Waals surface area contributed by atoms with Crippen molar-refractivity contribution in [3.8, 4) is 0 Å². The summed E-state index contributed by atoms with van der Waals surface area (Å²) in [7, 11) is 12.0. The second kappa shape index (κ2) is 11.0. The minimum atomic E-state index is -1.33. The summed E-state index contributed by atoms with van der Waals surface area (Å²) in [5.41, 5.74) is 5.46. The van der Waals surface area contributed by atoms with Crippen LogP contribution >= 0.6 is 0 Å². The number of nitrogens with two attached hydrogens (primary N) is 1. The Kier molecular flexibility index (Phi) is 9.86. The van der Waals surface area contributed by atoms with Gasteiger partial charge in [-0.1, -0.05) is 18.2 Å². The fraction of sp³-hybridized carbons (Fsp3) is 0.412. The molecule has 150 valence electrons. The van der Waals surface area contributed by atoms with Crippen LogP contribution in [0.25, 0.3) is 0 Å². The molecule has 0 bridgehead atoms. The van der Waals surface area contributed by atoms with Crippen molar-refractivity contribution in [2.24, 2.45) is 10.7 Å². The first-order valence-electron chi connectivity index (χ1n) is 7.85. The molecule has 2 aliphatic rings. The lowest BCUT2D eigenvalue weighted by Crippen LogP contribution is -2.27. The van der Waals surface area contributed by atoms with Gasteiger partial charge in [0.15, 0.2) is 0 Å². The molecule has 1 unspecified atom stereocenters. The van der Waals surface area contributed by atoms with Crippen molar-refractivity contribution < 1.29 is 24.7 Å². The Morgan fingerprint density at radius 1 is 1.07 bits per heavy atom. The predicted octanol–water partition coefficient (Wildman–Crippen LogP) is 0.593. The Morgan fingerprint density at radius 3 is 1.93 bits per heavy atom. The molecule has 1 aromatic carbocycles. The highest BCUT2D eigenvalue weighted by Gasteiger charge is 2.49. The van der Waals surface area contributed by atoms with Gasteiger partial charge in [-0.25, -0.2) is 9.79 Å². The number of hydroxylamine groups is 2. The lowest BCUT2D eigenvalue weighted by atomic mass is 9.98. The maximum Gasteiger partial charge on any atom is 0.402 e. The minimum absolute atomic E-state index is 0.115. The molecule has 0 aliphatic carbocycles. The molecule has 0 aromatic heterocycles. The lowest BCUT2D eigenvalue weighted by Gasteiger charge is -2.05. The van der Waals surface area contributed by atoms with Crippen LogP contribution in [0.1, 0.15) is 11.5 Å². The van der Waals surface area contributed by atoms with E-state index < -0.39 is 23.8 Å². The molecule has 4 N–H and O–H groups in total. The second-order valence-corrected chi connectivity index (χ2v) is 6.47. The van der Waals surface area contributed by atoms with Crippen LogP contribution in [0.2, 0.25) is 0 Å². The number of aliphatic imine (C=N–C) groups is 1. The minimum Gasteiger partial charge on any atom is -0.465 e. The van der Waals surface area contributed by atoms with Gasteiger partial charge in [0.25, 0.3) is 11.8 Å². The molecule has 2 heterocycles. The maximum absolute atomic E-state index is 11.5. The van der Waals surface area contributed by atoms with Gasteiger partial charge in [0.2, 0.25) is 0 Å². The van der Waals surface area contributed by atoms with Crippen LogP contribution in [0, 0.1) is 0 Å². The Labute approximate surface area is 158 Å². The van der Waals surface area contributed by atoms with Gasteiger partial charge in [0.1, 0.15) is 11.6 Å². The Balaban J connectivity index is 0.000000470. The highest BCUT2D eigenvalue weighted by Crippen LogP contribution is 2.39. The van der Waals surface area contributed by atoms with Gasteiger partial charge in [0, 0.05) is 0 Å². The van der Waals surface area contributed by atoms with Crippen LogP contribution in [-0.2, 0) is 9.59 Å². The molecular formula is C17H27N5O5. The van der Waals surface area contributed by atoms with E-state index >= 15 is 0 Å². The molecule has 27 heavy (non-hydrogen) atoms. The van der Waals surface area contributed by atoms with Gasteiger partial charge in [-0.2, -0.15) is 0 Å². The molecule has 2 aliphatic heterocycles. The van der Waals surface area contributed by atoms with Crippen molar-refractivity contribution >= 4 is 29.3 Å². The van der Waals surface area contributed by atoms with Gasteiger partial charge < -0.3 is 20.6 Å². The van der Waals surface area contributed by atoms with Gasteiger partial charge in [-0.15, -0.1) is 5.06 Å². The highest BCUT2D eigenvalue weighted by atomic mass is 16.5. The third kappa shape index (κ3) is 7.94. The van der Waals surface area contributed by atoms with Crippen LogP contribution in [-0.4, -0.2) is 91.1 Å². The number of carboxylic acid groups (broad SMARTS) is 1. The van der Waals surface area contributed by atoms with Crippen molar-refractivity contribution in [1.82, 2.24) is 14.9 Å². The van der Waals surface area contributed by atoms with E-state index in [0.717, 1.165) is 0 Å². The summed E-state index contributed by atoms with van der Waals surface area (Å²) in [5.74, 6) is -2.05. The first-order chi connectivity index (χ1) is 12.4. The van der Waals surface area contributed by atoms with E-state index in [9.17, 15) is 9.59 Å². The molecule has 10 nitrogen and oxygen atoms in total. The number of benzene rings is 1. The standard InChI is InChI=1S/C10H6N2O3.2C3H9N.CH3NO2/c13-9-7-5-3-1-2-4-6(5)11-8(7)10(14)12(9)15;2*1-4(2)3;2-1(3)4/h1-4,7,15H;2*1-3H3;2H2,(H,3,4). The van der Waals surface area contributed by atoms with E-state index in [4.69, 9.17) is 15.1 Å². The predicted molar refractivity (Wildman–Crippen MR) is 101 cm³/mol. The summed E-state index contributed by atoms with van der Waals surface area (Å²) in [5, 5.41) is 16.5. The number of primary amides is 1. The Hall–Kier alpha value is -2.82. The zero-order chi connectivity index (χ0) is 21.3. The van der Waals surface area contributed by atoms with Crippen molar-refractivity contribution in [2.75, 3.05) is 42.3 Å². The number of rotatable bonds is 0. The van der Waals surface area contributed by atoms with Gasteiger partial charge in [0.05, 0.1) is 5.69 Å². The Bertz CT molecular complexity index is 687. The first-order valence-corrected chi connectivity index (χ1v) is 7.85. The second-order valence-electron chi connectivity index (χ2n) is 6.47. The van der Waals surface area contributed by atoms with E-state index in [0.29, 0.717) is 11.3 Å². The third-order valence-electron chi connectivity index (χ3n) is 2.63. The van der Waals surface area contributed by atoms with E-state index in [1.807, 2.05) is 52.1 Å². The molecule has 0 radical (unpaired) electrons. The number of para-hydroxylation sites is 1. The molecular weight excluding hydrogens is 354 g/mol. The number of hydrogen-bond acceptors (Lipinski definition) is 7. The molecule has 0 saturated carbocycles. The zero-order valence-corrected chi connectivity index (χ0v) is 16.4. The van der Waals surface area contributed by atoms with Gasteiger partial charge in [-0.05, 0) is 53.9 Å². The number of carbonyl (C=O) groups is 3. The molecule has 1 saturated heterocycles. The average Bonchev–Trinajstić information content (AvgIpc) is 2.98. The number of hydrogen-bond donors (Lipinski definition) is 3. The van der Waals surface area contributed by atoms with Crippen LogP contribution in [0.5, 0.6) is 0 Å². The van der Waals surface area contributed by atoms with Crippen molar-refractivity contribution in [3.63, 3.8) is 0 Å². The van der Waals surface area contributed by atoms with E-state index in [1.54, 1.807) is 24.3 Å². The number of fused-ring (bicyclic) bond motifs is 3. The Morgan fingerprint density at radius 2 is 1.48 bits per heavy atom. The summed E-state index contributed by atoms with van der Waals surface area (Å²) in [4.78, 5) is 39.7. The summed E-state index contributed by atoms with van der Waals surface area (Å²) in [6, 6.07) is 7.04. The number of imide groups is 1. The number of nitrogens with zero attached hydrogens (tertiary/aromatic N) is 4. The molecule has 10 heteroatoms. The van der Waals surface area contributed by atoms with Gasteiger partial charge >= 0.3 is 6.09 Å². The zero-order valence-electron chi connectivity index (χ0n) is 16.4. The molecule has 1 aromatic rings. The summed E-state index contributed by atoms with van der Waals surface area (Å²) < 4.78 is 0. The molecule has 3 amide bonds. The summed E-state index contributed by atoms with van der Waals surface area (Å²) >= 11 is 0. The fourth-order valence-electron chi connectivity index (χ4n) is 1.93. The molecule has 1 atom stereocenters. The smallest absolute Gasteiger partial charge is 0.402 e. The van der Waals surface area contributed by atoms with E-state index in [2.05, 4.69) is 10.7 Å². The maximum atomic E-state index is 11.5. The largest absolute Gasteiger partial charge is 0.465 e. The van der Waals surface area contributed by atoms with Crippen LogP contribution < -0.4 is 5.73 Å². The summed E-state index contributed by atoms with van der Waals surface area (Å²) in [6.45, 7) is 0. The van der Waals surface area contributed by atoms with E-state index in [1.165, 1.54) is 0 Å². The number of carbonyl (C=O) groups excluding carboxylic acids is 2. The number of amides is 3. The summed E-state index contributed by atoms with van der Waals surface area (Å²) in [6.07, 6.45) is -1.33. The third-order valence-corrected chi connectivity index (χ3v) is 2.63. The van der Waals surface area contributed by atoms with Crippen LogP contribution in [0.15, 0.2) is 29.3 Å². The molecule has 0 spiro atoms. The van der Waals surface area contributed by atoms with Crippen LogP contribution in [0.3, 0.4) is 0 Å². The van der Waals surface area contributed by atoms with Crippen molar-refractivity contribution in [1.29, 1.82) is 0 Å². The SMILES string of the molecule is CN(C)C.CN(C)C.NC(=O)O.O=C1C2=Nc3ccccc3C2C(=O)N1O. The average molecular weight is 381 g/mol.